The van der Waals surface area contributed by atoms with E-state index >= 15 is 0 Å². The molecule has 0 saturated carbocycles. The van der Waals surface area contributed by atoms with E-state index < -0.39 is 15.8 Å². The predicted molar refractivity (Wildman–Crippen MR) is 49.9 cm³/mol. The zero-order valence-electron chi connectivity index (χ0n) is 8.51. The van der Waals surface area contributed by atoms with Crippen LogP contribution in [0.2, 0.25) is 0 Å². The molecule has 0 aliphatic carbocycles. The minimum absolute atomic E-state index is 0. The molecule has 0 unspecified atom stereocenters. The van der Waals surface area contributed by atoms with E-state index in [9.17, 15) is 13.2 Å². The van der Waals surface area contributed by atoms with E-state index in [2.05, 4.69) is 4.74 Å². The minimum atomic E-state index is -3.67. The van der Waals surface area contributed by atoms with Crippen LogP contribution in [-0.4, -0.2) is 21.5 Å². The van der Waals surface area contributed by atoms with E-state index in [0.29, 0.717) is 5.75 Å². The summed E-state index contributed by atoms with van der Waals surface area (Å²) in [5.74, 6) is -0.323. The van der Waals surface area contributed by atoms with Gasteiger partial charge in [0.05, 0.1) is 16.9 Å². The van der Waals surface area contributed by atoms with Crippen molar-refractivity contribution in [2.75, 3.05) is 7.11 Å². The zero-order chi connectivity index (χ0) is 10.6. The summed E-state index contributed by atoms with van der Waals surface area (Å²) in [6.07, 6.45) is 0. The number of carbonyl (C=O) groups excluding carboxylic acids is 1. The molecule has 0 aliphatic heterocycles. The average Bonchev–Trinajstić information content (AvgIpc) is 2.18. The second-order valence-corrected chi connectivity index (χ2v) is 4.30. The van der Waals surface area contributed by atoms with Crippen molar-refractivity contribution in [3.8, 4) is 0 Å². The molecule has 0 bridgehead atoms. The van der Waals surface area contributed by atoms with Crippen molar-refractivity contribution >= 4 is 15.8 Å². The molecule has 0 aliphatic rings. The molecule has 1 rings (SSSR count). The quantitative estimate of drug-likeness (QED) is 0.339. The second-order valence-electron chi connectivity index (χ2n) is 2.50. The van der Waals surface area contributed by atoms with Gasteiger partial charge in [0.15, 0.2) is 5.97 Å². The summed E-state index contributed by atoms with van der Waals surface area (Å²) in [6, 6.07) is 7.68. The van der Waals surface area contributed by atoms with Crippen molar-refractivity contribution in [2.24, 2.45) is 0 Å². The molecule has 76 valence electrons. The van der Waals surface area contributed by atoms with Crippen LogP contribution in [0.3, 0.4) is 0 Å². The largest absolute Gasteiger partial charge is 1.00 e. The molecule has 0 spiro atoms. The van der Waals surface area contributed by atoms with Crippen molar-refractivity contribution in [1.29, 1.82) is 0 Å². The van der Waals surface area contributed by atoms with Gasteiger partial charge in [0.25, 0.3) is 0 Å². The Bertz CT molecular complexity index is 413. The van der Waals surface area contributed by atoms with Crippen LogP contribution < -0.4 is 29.6 Å². The molecule has 1 aromatic rings. The van der Waals surface area contributed by atoms with E-state index in [1.807, 2.05) is 0 Å². The van der Waals surface area contributed by atoms with E-state index in [-0.39, 0.29) is 34.5 Å². The fourth-order valence-corrected chi connectivity index (χ4v) is 1.88. The second kappa shape index (κ2) is 6.17. The van der Waals surface area contributed by atoms with Crippen molar-refractivity contribution in [3.63, 3.8) is 0 Å². The number of methoxy groups -OCH3 is 1. The third kappa shape index (κ3) is 4.25. The first-order valence-electron chi connectivity index (χ1n) is 3.79. The molecule has 15 heavy (non-hydrogen) atoms. The van der Waals surface area contributed by atoms with Gasteiger partial charge in [-0.3, -0.25) is 13.2 Å². The molecule has 0 aromatic heterocycles. The van der Waals surface area contributed by atoms with Crippen molar-refractivity contribution in [2.45, 2.75) is 4.90 Å². The first-order valence-corrected chi connectivity index (χ1v) is 5.34. The summed E-state index contributed by atoms with van der Waals surface area (Å²) in [6.45, 7) is 0. The topological polar surface area (TPSA) is 60.4 Å². The van der Waals surface area contributed by atoms with Gasteiger partial charge in [-0.25, -0.2) is 0 Å². The molecule has 0 fully saturated rings. The van der Waals surface area contributed by atoms with Crippen molar-refractivity contribution < 1.29 is 47.5 Å². The molecule has 0 radical (unpaired) electrons. The summed E-state index contributed by atoms with van der Waals surface area (Å²) >= 11 is 0. The van der Waals surface area contributed by atoms with Gasteiger partial charge in [-0.2, -0.15) is 5.75 Å². The Morgan fingerprint density at radius 2 is 1.80 bits per heavy atom. The van der Waals surface area contributed by atoms with Gasteiger partial charge >= 0.3 is 29.6 Å². The Labute approximate surface area is 111 Å². The first-order chi connectivity index (χ1) is 6.56. The van der Waals surface area contributed by atoms with Crippen LogP contribution in [0, 0.1) is 5.75 Å². The van der Waals surface area contributed by atoms with Crippen LogP contribution in [0.4, 0.5) is 0 Å². The number of carbonyl (C=O) groups is 1. The Balaban J connectivity index is 0.00000196. The normalized spacial score (nSPS) is 9.93. The Kier molecular flexibility index (Phi) is 5.97. The van der Waals surface area contributed by atoms with Gasteiger partial charge in [0.1, 0.15) is 0 Å². The number of hydrogen-bond acceptors (Lipinski definition) is 4. The number of benzene rings is 1. The van der Waals surface area contributed by atoms with Crippen molar-refractivity contribution in [3.05, 3.63) is 36.1 Å². The molecular formula is C9H9NaO4S. The van der Waals surface area contributed by atoms with E-state index in [1.165, 1.54) is 12.1 Å². The number of rotatable bonds is 3. The first kappa shape index (κ1) is 14.5. The van der Waals surface area contributed by atoms with Crippen LogP contribution in [0.5, 0.6) is 0 Å². The number of sulfone groups is 1. The summed E-state index contributed by atoms with van der Waals surface area (Å²) in [4.78, 5) is 10.8. The van der Waals surface area contributed by atoms with Crippen LogP contribution in [0.25, 0.3) is 0 Å². The Hall–Kier alpha value is -0.490. The van der Waals surface area contributed by atoms with Gasteiger partial charge < -0.3 is 4.74 Å². The van der Waals surface area contributed by atoms with Gasteiger partial charge in [0.2, 0.25) is 0 Å². The summed E-state index contributed by atoms with van der Waals surface area (Å²) in [5.41, 5.74) is 0. The molecule has 0 atom stereocenters. The molecule has 0 heterocycles. The van der Waals surface area contributed by atoms with E-state index in [4.69, 9.17) is 0 Å². The molecule has 0 N–H and O–H groups in total. The standard InChI is InChI=1S/C9H9O4S.Na/c1-13-9(10)7-14(11,12)8-5-3-2-4-6-8;/h2-7H,1H3;/q-1;+1. The average molecular weight is 236 g/mol. The number of esters is 1. The smallest absolute Gasteiger partial charge is 0.490 e. The van der Waals surface area contributed by atoms with Crippen molar-refractivity contribution in [1.82, 2.24) is 0 Å². The maximum absolute atomic E-state index is 11.4. The maximum Gasteiger partial charge on any atom is 1.00 e. The van der Waals surface area contributed by atoms with Crippen LogP contribution in [0.15, 0.2) is 35.2 Å². The zero-order valence-corrected chi connectivity index (χ0v) is 11.3. The van der Waals surface area contributed by atoms with E-state index in [0.717, 1.165) is 7.11 Å². The van der Waals surface area contributed by atoms with Gasteiger partial charge in [0, 0.05) is 4.90 Å². The molecular weight excluding hydrogens is 227 g/mol. The summed E-state index contributed by atoms with van der Waals surface area (Å²) in [5, 5.41) is 0. The van der Waals surface area contributed by atoms with Gasteiger partial charge in [-0.05, 0) is 12.1 Å². The molecule has 1 aromatic carbocycles. The fourth-order valence-electron chi connectivity index (χ4n) is 0.853. The minimum Gasteiger partial charge on any atom is -0.490 e. The third-order valence-corrected chi connectivity index (χ3v) is 2.96. The van der Waals surface area contributed by atoms with Crippen LogP contribution >= 0.6 is 0 Å². The van der Waals surface area contributed by atoms with E-state index in [1.54, 1.807) is 18.2 Å². The van der Waals surface area contributed by atoms with Gasteiger partial charge in [-0.15, -0.1) is 0 Å². The molecule has 6 heteroatoms. The summed E-state index contributed by atoms with van der Waals surface area (Å²) < 4.78 is 27.1. The fraction of sp³-hybridized carbons (Fsp3) is 0.111. The number of hydrogen-bond donors (Lipinski definition) is 0. The monoisotopic (exact) mass is 236 g/mol. The summed E-state index contributed by atoms with van der Waals surface area (Å²) in [7, 11) is -2.55. The predicted octanol–water partition coefficient (Wildman–Crippen LogP) is -2.20. The molecule has 0 amide bonds. The Morgan fingerprint density at radius 1 is 1.27 bits per heavy atom. The van der Waals surface area contributed by atoms with Gasteiger partial charge in [-0.1, -0.05) is 18.2 Å². The van der Waals surface area contributed by atoms with Crippen LogP contribution in [-0.2, 0) is 19.4 Å². The third-order valence-electron chi connectivity index (χ3n) is 1.52. The molecule has 0 saturated heterocycles. The molecule has 4 nitrogen and oxygen atoms in total. The Morgan fingerprint density at radius 3 is 2.27 bits per heavy atom. The maximum atomic E-state index is 11.4. The van der Waals surface area contributed by atoms with Crippen LogP contribution in [0.1, 0.15) is 0 Å². The SMILES string of the molecule is COC(=O)[CH-]S(=O)(=O)c1ccccc1.[Na+]. The number of ether oxygens (including phenoxy) is 1.